The maximum Gasteiger partial charge on any atom is 0.260 e. The Morgan fingerprint density at radius 1 is 1.80 bits per heavy atom. The number of hydrogen-bond donors (Lipinski definition) is 3. The van der Waals surface area contributed by atoms with E-state index in [0.29, 0.717) is 10.0 Å². The van der Waals surface area contributed by atoms with Gasteiger partial charge < -0.3 is 5.73 Å². The van der Waals surface area contributed by atoms with Gasteiger partial charge in [-0.05, 0) is 0 Å². The highest BCUT2D eigenvalue weighted by Crippen LogP contribution is 2.15. The molecular weight excluding hydrogens is 152 g/mol. The second kappa shape index (κ2) is 2.63. The third-order valence-corrected chi connectivity index (χ3v) is 1.82. The second-order valence-corrected chi connectivity index (χ2v) is 2.57. The summed E-state index contributed by atoms with van der Waals surface area (Å²) in [6.07, 6.45) is 1.38. The largest absolute Gasteiger partial charge is 0.365 e. The third kappa shape index (κ3) is 1.23. The maximum absolute atomic E-state index is 10.5. The van der Waals surface area contributed by atoms with Crippen molar-refractivity contribution in [1.29, 1.82) is 0 Å². The topological polar surface area (TPSA) is 94.0 Å². The number of hydrogen-bond acceptors (Lipinski definition) is 5. The number of nitrogens with two attached hydrogens (primary N) is 2. The van der Waals surface area contributed by atoms with E-state index in [-0.39, 0.29) is 0 Å². The van der Waals surface area contributed by atoms with Crippen LogP contribution in [-0.2, 0) is 0 Å². The zero-order valence-electron chi connectivity index (χ0n) is 5.00. The summed E-state index contributed by atoms with van der Waals surface area (Å²) in [5.74, 6) is 4.52. The zero-order valence-corrected chi connectivity index (χ0v) is 5.81. The van der Waals surface area contributed by atoms with Crippen LogP contribution in [0.2, 0.25) is 0 Å². The van der Waals surface area contributed by atoms with Crippen LogP contribution in [0.5, 0.6) is 0 Å². The number of anilines is 1. The Bertz CT molecular complexity index is 245. The Morgan fingerprint density at radius 2 is 2.50 bits per heavy atom. The number of aromatic nitrogens is 1. The number of rotatable bonds is 2. The fourth-order valence-electron chi connectivity index (χ4n) is 0.455. The highest BCUT2D eigenvalue weighted by molar-refractivity contribution is 7.17. The molecule has 0 bridgehead atoms. The number of nitrogen functional groups attached to an aromatic ring is 1. The van der Waals surface area contributed by atoms with Crippen molar-refractivity contribution in [3.63, 3.8) is 0 Å². The summed E-state index contributed by atoms with van der Waals surface area (Å²) in [6, 6.07) is 0. The van der Waals surface area contributed by atoms with Gasteiger partial charge in [0.25, 0.3) is 5.91 Å². The van der Waals surface area contributed by atoms with Crippen molar-refractivity contribution in [2.24, 2.45) is 11.6 Å². The van der Waals surface area contributed by atoms with Crippen molar-refractivity contribution >= 4 is 22.4 Å². The fourth-order valence-corrected chi connectivity index (χ4v) is 1.03. The molecule has 0 radical (unpaired) electrons. The van der Waals surface area contributed by atoms with Crippen molar-refractivity contribution in [3.8, 4) is 0 Å². The van der Waals surface area contributed by atoms with Crippen molar-refractivity contribution < 1.29 is 4.79 Å². The predicted octanol–water partition coefficient (Wildman–Crippen LogP) is -0.472. The van der Waals surface area contributed by atoms with Crippen LogP contribution in [0.15, 0.2) is 6.20 Å². The molecule has 0 saturated carbocycles. The van der Waals surface area contributed by atoms with E-state index >= 15 is 0 Å². The molecule has 1 aromatic rings. The van der Waals surface area contributed by atoms with Crippen LogP contribution in [0.1, 0.15) is 9.67 Å². The lowest BCUT2D eigenvalue weighted by Gasteiger charge is -1.86. The molecule has 0 unspecified atom stereocenters. The van der Waals surface area contributed by atoms with Gasteiger partial charge >= 0.3 is 0 Å². The van der Waals surface area contributed by atoms with E-state index in [9.17, 15) is 4.79 Å². The first-order valence-corrected chi connectivity index (χ1v) is 3.28. The number of hydrazine groups is 1. The smallest absolute Gasteiger partial charge is 0.260 e. The SMILES string of the molecule is NNc1ncc(C(N)=O)s1. The first-order valence-electron chi connectivity index (χ1n) is 2.46. The quantitative estimate of drug-likeness (QED) is 0.400. The third-order valence-electron chi connectivity index (χ3n) is 0.872. The van der Waals surface area contributed by atoms with Crippen LogP contribution in [0.4, 0.5) is 5.13 Å². The average molecular weight is 158 g/mol. The van der Waals surface area contributed by atoms with E-state index in [1.165, 1.54) is 6.20 Å². The van der Waals surface area contributed by atoms with Gasteiger partial charge in [0.1, 0.15) is 4.88 Å². The van der Waals surface area contributed by atoms with E-state index < -0.39 is 5.91 Å². The molecule has 1 heterocycles. The molecule has 1 amide bonds. The average Bonchev–Trinajstić information content (AvgIpc) is 2.34. The van der Waals surface area contributed by atoms with Crippen LogP contribution in [0.25, 0.3) is 0 Å². The lowest BCUT2D eigenvalue weighted by Crippen LogP contribution is -2.08. The van der Waals surface area contributed by atoms with Crippen molar-refractivity contribution in [2.75, 3.05) is 5.43 Å². The van der Waals surface area contributed by atoms with E-state index in [1.807, 2.05) is 0 Å². The van der Waals surface area contributed by atoms with Crippen LogP contribution < -0.4 is 17.0 Å². The van der Waals surface area contributed by atoms with E-state index in [2.05, 4.69) is 10.4 Å². The molecule has 0 saturated heterocycles. The lowest BCUT2D eigenvalue weighted by atomic mass is 10.5. The van der Waals surface area contributed by atoms with Gasteiger partial charge in [-0.3, -0.25) is 10.2 Å². The highest BCUT2D eigenvalue weighted by Gasteiger charge is 2.04. The molecule has 6 heteroatoms. The second-order valence-electron chi connectivity index (χ2n) is 1.54. The van der Waals surface area contributed by atoms with E-state index in [1.54, 1.807) is 0 Å². The summed E-state index contributed by atoms with van der Waals surface area (Å²) < 4.78 is 0. The van der Waals surface area contributed by atoms with Crippen LogP contribution in [0.3, 0.4) is 0 Å². The number of amides is 1. The van der Waals surface area contributed by atoms with Gasteiger partial charge in [0.2, 0.25) is 0 Å². The molecule has 10 heavy (non-hydrogen) atoms. The van der Waals surface area contributed by atoms with Crippen molar-refractivity contribution in [3.05, 3.63) is 11.1 Å². The minimum Gasteiger partial charge on any atom is -0.365 e. The molecule has 54 valence electrons. The van der Waals surface area contributed by atoms with Crippen LogP contribution >= 0.6 is 11.3 Å². The van der Waals surface area contributed by atoms with Gasteiger partial charge in [-0.25, -0.2) is 10.8 Å². The summed E-state index contributed by atoms with van der Waals surface area (Å²) in [7, 11) is 0. The number of carbonyl (C=O) groups excluding carboxylic acids is 1. The Hall–Kier alpha value is -1.14. The summed E-state index contributed by atoms with van der Waals surface area (Å²) >= 11 is 1.12. The first kappa shape index (κ1) is 6.97. The van der Waals surface area contributed by atoms with E-state index in [0.717, 1.165) is 11.3 Å². The molecule has 1 aromatic heterocycles. The molecule has 5 nitrogen and oxygen atoms in total. The zero-order chi connectivity index (χ0) is 7.56. The Kier molecular flexibility index (Phi) is 1.83. The minimum atomic E-state index is -0.487. The van der Waals surface area contributed by atoms with Crippen molar-refractivity contribution in [2.45, 2.75) is 0 Å². The fraction of sp³-hybridized carbons (Fsp3) is 0. The standard InChI is InChI=1S/C4H6N4OS/c5-3(9)2-1-7-4(8-6)10-2/h1H,6H2,(H2,5,9)(H,7,8). The van der Waals surface area contributed by atoms with Crippen LogP contribution in [-0.4, -0.2) is 10.9 Å². The molecule has 0 spiro atoms. The summed E-state index contributed by atoms with van der Waals surface area (Å²) in [4.78, 5) is 14.6. The maximum atomic E-state index is 10.5. The molecule has 1 rings (SSSR count). The normalized spacial score (nSPS) is 9.30. The van der Waals surface area contributed by atoms with E-state index in [4.69, 9.17) is 11.6 Å². The molecule has 0 fully saturated rings. The molecule has 0 aliphatic carbocycles. The summed E-state index contributed by atoms with van der Waals surface area (Å²) in [5, 5.41) is 0.480. The number of carbonyl (C=O) groups is 1. The number of thiazole rings is 1. The Labute approximate surface area is 61.0 Å². The van der Waals surface area contributed by atoms with Crippen LogP contribution in [0, 0.1) is 0 Å². The van der Waals surface area contributed by atoms with Gasteiger partial charge in [0, 0.05) is 0 Å². The monoisotopic (exact) mass is 158 g/mol. The molecule has 0 aliphatic rings. The van der Waals surface area contributed by atoms with Gasteiger partial charge in [0.05, 0.1) is 6.20 Å². The Morgan fingerprint density at radius 3 is 2.80 bits per heavy atom. The molecule has 0 aromatic carbocycles. The van der Waals surface area contributed by atoms with Gasteiger partial charge in [-0.2, -0.15) is 0 Å². The van der Waals surface area contributed by atoms with Gasteiger partial charge in [-0.15, -0.1) is 0 Å². The Balaban J connectivity index is 2.88. The number of nitrogens with zero attached hydrogens (tertiary/aromatic N) is 1. The van der Waals surface area contributed by atoms with Gasteiger partial charge in [-0.1, -0.05) is 11.3 Å². The van der Waals surface area contributed by atoms with Gasteiger partial charge in [0.15, 0.2) is 5.13 Å². The van der Waals surface area contributed by atoms with Crippen molar-refractivity contribution in [1.82, 2.24) is 4.98 Å². The highest BCUT2D eigenvalue weighted by atomic mass is 32.1. The molecule has 0 atom stereocenters. The summed E-state index contributed by atoms with van der Waals surface area (Å²) in [5.41, 5.74) is 7.25. The number of primary amides is 1. The predicted molar refractivity (Wildman–Crippen MR) is 38.4 cm³/mol. The number of nitrogens with one attached hydrogen (secondary N) is 1. The molecule has 0 aliphatic heterocycles. The lowest BCUT2D eigenvalue weighted by molar-refractivity contribution is 0.100. The molecule has 5 N–H and O–H groups in total. The minimum absolute atomic E-state index is 0.396. The first-order chi connectivity index (χ1) is 4.74. The molecular formula is C4H6N4OS. The summed E-state index contributed by atoms with van der Waals surface area (Å²) in [6.45, 7) is 0.